The van der Waals surface area contributed by atoms with Crippen LogP contribution in [0.3, 0.4) is 0 Å². The molecule has 0 heterocycles. The molecule has 1 N–H and O–H groups in total. The van der Waals surface area contributed by atoms with Gasteiger partial charge in [0.1, 0.15) is 0 Å². The largest absolute Gasteiger partial charge is 0.353 e. The van der Waals surface area contributed by atoms with Crippen molar-refractivity contribution in [3.8, 4) is 0 Å². The number of amides is 1. The number of carbonyl (C=O) groups excluding carboxylic acids is 1. The van der Waals surface area contributed by atoms with E-state index in [1.54, 1.807) is 0 Å². The van der Waals surface area contributed by atoms with Gasteiger partial charge >= 0.3 is 0 Å². The highest BCUT2D eigenvalue weighted by atomic mass is 16.2. The number of nitrogens with one attached hydrogen (secondary N) is 1. The van der Waals surface area contributed by atoms with Crippen LogP contribution in [0.25, 0.3) is 0 Å². The van der Waals surface area contributed by atoms with E-state index in [9.17, 15) is 4.79 Å². The maximum atomic E-state index is 12.0. The fourth-order valence-electron chi connectivity index (χ4n) is 3.30. The van der Waals surface area contributed by atoms with Crippen molar-refractivity contribution in [1.29, 1.82) is 0 Å². The first-order chi connectivity index (χ1) is 9.27. The SMILES string of the molecule is CC1CC1C(=O)NC1CCCCCCCCCCC1. The highest BCUT2D eigenvalue weighted by Crippen LogP contribution is 2.37. The van der Waals surface area contributed by atoms with Crippen molar-refractivity contribution in [3.05, 3.63) is 0 Å². The summed E-state index contributed by atoms with van der Waals surface area (Å²) in [5.41, 5.74) is 0. The van der Waals surface area contributed by atoms with Crippen LogP contribution in [0, 0.1) is 11.8 Å². The van der Waals surface area contributed by atoms with E-state index in [-0.39, 0.29) is 0 Å². The molecule has 2 aliphatic carbocycles. The van der Waals surface area contributed by atoms with Gasteiger partial charge in [-0.3, -0.25) is 4.79 Å². The number of rotatable bonds is 2. The van der Waals surface area contributed by atoms with Crippen molar-refractivity contribution in [1.82, 2.24) is 5.32 Å². The molecule has 0 spiro atoms. The molecule has 2 unspecified atom stereocenters. The third-order valence-corrected chi connectivity index (χ3v) is 4.90. The monoisotopic (exact) mass is 265 g/mol. The molecule has 0 aliphatic heterocycles. The minimum atomic E-state index is 0.335. The molecule has 110 valence electrons. The Bertz CT molecular complexity index is 264. The van der Waals surface area contributed by atoms with Gasteiger partial charge in [-0.1, -0.05) is 64.7 Å². The molecule has 0 radical (unpaired) electrons. The molecule has 0 aromatic carbocycles. The molecule has 2 aliphatic rings. The zero-order chi connectivity index (χ0) is 13.5. The van der Waals surface area contributed by atoms with Crippen molar-refractivity contribution in [2.24, 2.45) is 11.8 Å². The van der Waals surface area contributed by atoms with Gasteiger partial charge in [-0.2, -0.15) is 0 Å². The maximum absolute atomic E-state index is 12.0. The maximum Gasteiger partial charge on any atom is 0.223 e. The van der Waals surface area contributed by atoms with Gasteiger partial charge in [0.2, 0.25) is 5.91 Å². The molecule has 2 fully saturated rings. The molecule has 0 aromatic heterocycles. The molecule has 0 bridgehead atoms. The highest BCUT2D eigenvalue weighted by molar-refractivity contribution is 5.81. The fraction of sp³-hybridized carbons (Fsp3) is 0.941. The summed E-state index contributed by atoms with van der Waals surface area (Å²) in [5, 5.41) is 3.32. The summed E-state index contributed by atoms with van der Waals surface area (Å²) in [4.78, 5) is 12.0. The molecule has 2 atom stereocenters. The van der Waals surface area contributed by atoms with Crippen LogP contribution in [-0.2, 0) is 4.79 Å². The molecule has 2 rings (SSSR count). The van der Waals surface area contributed by atoms with E-state index >= 15 is 0 Å². The third kappa shape index (κ3) is 5.54. The summed E-state index contributed by atoms with van der Waals surface area (Å²) in [6.07, 6.45) is 15.8. The lowest BCUT2D eigenvalue weighted by atomic mass is 9.98. The van der Waals surface area contributed by atoms with Crippen molar-refractivity contribution in [2.75, 3.05) is 0 Å². The highest BCUT2D eigenvalue weighted by Gasteiger charge is 2.39. The van der Waals surface area contributed by atoms with Crippen LogP contribution in [-0.4, -0.2) is 11.9 Å². The number of hydrogen-bond acceptors (Lipinski definition) is 1. The number of carbonyl (C=O) groups is 1. The average Bonchev–Trinajstić information content (AvgIpc) is 3.10. The molecule has 0 saturated heterocycles. The van der Waals surface area contributed by atoms with E-state index in [4.69, 9.17) is 0 Å². The Morgan fingerprint density at radius 3 is 1.68 bits per heavy atom. The molecule has 1 amide bonds. The van der Waals surface area contributed by atoms with Crippen LogP contribution < -0.4 is 5.32 Å². The van der Waals surface area contributed by atoms with Crippen LogP contribution in [0.5, 0.6) is 0 Å². The summed E-state index contributed by atoms with van der Waals surface area (Å²) >= 11 is 0. The van der Waals surface area contributed by atoms with Crippen LogP contribution in [0.4, 0.5) is 0 Å². The van der Waals surface area contributed by atoms with Gasteiger partial charge in [0.25, 0.3) is 0 Å². The Morgan fingerprint density at radius 2 is 1.26 bits per heavy atom. The van der Waals surface area contributed by atoms with Gasteiger partial charge in [0, 0.05) is 12.0 Å². The van der Waals surface area contributed by atoms with Crippen LogP contribution in [0.15, 0.2) is 0 Å². The minimum Gasteiger partial charge on any atom is -0.353 e. The van der Waals surface area contributed by atoms with E-state index in [2.05, 4.69) is 12.2 Å². The fourth-order valence-corrected chi connectivity index (χ4v) is 3.30. The summed E-state index contributed by atoms with van der Waals surface area (Å²) in [7, 11) is 0. The summed E-state index contributed by atoms with van der Waals surface area (Å²) in [6, 6.07) is 0.458. The first kappa shape index (κ1) is 14.9. The lowest BCUT2D eigenvalue weighted by Crippen LogP contribution is -2.36. The Hall–Kier alpha value is -0.530. The van der Waals surface area contributed by atoms with Crippen molar-refractivity contribution < 1.29 is 4.79 Å². The molecule has 2 heteroatoms. The predicted molar refractivity (Wildman–Crippen MR) is 80.0 cm³/mol. The smallest absolute Gasteiger partial charge is 0.223 e. The van der Waals surface area contributed by atoms with Gasteiger partial charge in [-0.15, -0.1) is 0 Å². The molecular formula is C17H31NO. The second-order valence-corrected chi connectivity index (χ2v) is 6.78. The van der Waals surface area contributed by atoms with Crippen LogP contribution >= 0.6 is 0 Å². The first-order valence-electron chi connectivity index (χ1n) is 8.58. The summed E-state index contributed by atoms with van der Waals surface area (Å²) < 4.78 is 0. The van der Waals surface area contributed by atoms with E-state index in [0.717, 1.165) is 6.42 Å². The molecule has 2 nitrogen and oxygen atoms in total. The Balaban J connectivity index is 1.72. The van der Waals surface area contributed by atoms with Crippen molar-refractivity contribution in [2.45, 2.75) is 90.0 Å². The minimum absolute atomic E-state index is 0.335. The van der Waals surface area contributed by atoms with Crippen LogP contribution in [0.1, 0.15) is 84.0 Å². The van der Waals surface area contributed by atoms with E-state index in [1.807, 2.05) is 0 Å². The first-order valence-corrected chi connectivity index (χ1v) is 8.58. The lowest BCUT2D eigenvalue weighted by molar-refractivity contribution is -0.123. The molecule has 0 aromatic rings. The second kappa shape index (κ2) is 7.91. The zero-order valence-corrected chi connectivity index (χ0v) is 12.6. The van der Waals surface area contributed by atoms with E-state index < -0.39 is 0 Å². The summed E-state index contributed by atoms with van der Waals surface area (Å²) in [5.74, 6) is 1.30. The Kier molecular flexibility index (Phi) is 6.19. The van der Waals surface area contributed by atoms with Gasteiger partial charge in [-0.05, 0) is 25.2 Å². The van der Waals surface area contributed by atoms with Gasteiger partial charge in [-0.25, -0.2) is 0 Å². The molecular weight excluding hydrogens is 234 g/mol. The Morgan fingerprint density at radius 1 is 0.842 bits per heavy atom. The lowest BCUT2D eigenvalue weighted by Gasteiger charge is -2.19. The summed E-state index contributed by atoms with van der Waals surface area (Å²) in [6.45, 7) is 2.19. The van der Waals surface area contributed by atoms with Gasteiger partial charge < -0.3 is 5.32 Å². The van der Waals surface area contributed by atoms with Crippen molar-refractivity contribution in [3.63, 3.8) is 0 Å². The van der Waals surface area contributed by atoms with Crippen LogP contribution in [0.2, 0.25) is 0 Å². The topological polar surface area (TPSA) is 29.1 Å². The third-order valence-electron chi connectivity index (χ3n) is 4.90. The predicted octanol–water partition coefficient (Wildman–Crippen LogP) is 4.43. The van der Waals surface area contributed by atoms with Gasteiger partial charge in [0.15, 0.2) is 0 Å². The standard InChI is InChI=1S/C17H31NO/c1-14-13-16(14)17(19)18-15-11-9-7-5-3-2-4-6-8-10-12-15/h14-16H,2-13H2,1H3,(H,18,19). The zero-order valence-electron chi connectivity index (χ0n) is 12.6. The quantitative estimate of drug-likeness (QED) is 0.786. The average molecular weight is 265 g/mol. The molecule has 2 saturated carbocycles. The van der Waals surface area contributed by atoms with Gasteiger partial charge in [0.05, 0.1) is 0 Å². The van der Waals surface area contributed by atoms with E-state index in [1.165, 1.54) is 70.6 Å². The molecule has 19 heavy (non-hydrogen) atoms. The Labute approximate surface area is 118 Å². The number of hydrogen-bond donors (Lipinski definition) is 1. The normalized spacial score (nSPS) is 31.0. The van der Waals surface area contributed by atoms with E-state index in [0.29, 0.717) is 23.8 Å². The second-order valence-electron chi connectivity index (χ2n) is 6.78. The van der Waals surface area contributed by atoms with Crippen molar-refractivity contribution >= 4 is 5.91 Å².